The van der Waals surface area contributed by atoms with Crippen LogP contribution in [0.2, 0.25) is 0 Å². The summed E-state index contributed by atoms with van der Waals surface area (Å²) in [7, 11) is -0.749. The number of ether oxygens (including phenoxy) is 2. The summed E-state index contributed by atoms with van der Waals surface area (Å²) in [5, 5.41) is 2.83. The number of benzene rings is 2. The maximum absolute atomic E-state index is 12.6. The van der Waals surface area contributed by atoms with Gasteiger partial charge in [0.1, 0.15) is 6.54 Å². The molecular weight excluding hydrogens is 380 g/mol. The Morgan fingerprint density at radius 1 is 1.00 bits per heavy atom. The number of anilines is 2. The molecule has 152 valence electrons. The number of rotatable bonds is 7. The predicted molar refractivity (Wildman–Crippen MR) is 111 cm³/mol. The molecule has 1 N–H and O–H groups in total. The molecule has 0 radical (unpaired) electrons. The summed E-state index contributed by atoms with van der Waals surface area (Å²) < 4.78 is 36.1. The van der Waals surface area contributed by atoms with E-state index in [1.165, 1.54) is 20.3 Å². The Labute approximate surface area is 166 Å². The van der Waals surface area contributed by atoms with Crippen LogP contribution in [0.15, 0.2) is 30.3 Å². The smallest absolute Gasteiger partial charge is 0.245 e. The fraction of sp³-hybridized carbons (Fsp3) is 0.350. The Morgan fingerprint density at radius 3 is 2.07 bits per heavy atom. The lowest BCUT2D eigenvalue weighted by molar-refractivity contribution is -0.114. The van der Waals surface area contributed by atoms with Crippen molar-refractivity contribution in [3.05, 3.63) is 47.0 Å². The molecule has 2 rings (SSSR count). The maximum Gasteiger partial charge on any atom is 0.245 e. The van der Waals surface area contributed by atoms with Crippen molar-refractivity contribution < 1.29 is 22.7 Å². The first-order valence-electron chi connectivity index (χ1n) is 8.64. The van der Waals surface area contributed by atoms with Gasteiger partial charge in [-0.15, -0.1) is 0 Å². The van der Waals surface area contributed by atoms with E-state index in [1.54, 1.807) is 12.1 Å². The Bertz CT molecular complexity index is 963. The Balaban J connectivity index is 2.32. The van der Waals surface area contributed by atoms with E-state index in [-0.39, 0.29) is 6.54 Å². The minimum absolute atomic E-state index is 0.313. The summed E-state index contributed by atoms with van der Waals surface area (Å²) in [6.45, 7) is 5.42. The number of amides is 1. The largest absolute Gasteiger partial charge is 0.493 e. The van der Waals surface area contributed by atoms with E-state index in [0.29, 0.717) is 22.9 Å². The Morgan fingerprint density at radius 2 is 1.57 bits per heavy atom. The number of aryl methyl sites for hydroxylation is 3. The molecule has 0 aromatic heterocycles. The van der Waals surface area contributed by atoms with Crippen molar-refractivity contribution in [3.8, 4) is 11.5 Å². The van der Waals surface area contributed by atoms with Gasteiger partial charge >= 0.3 is 0 Å². The molecule has 0 unspecified atom stereocenters. The van der Waals surface area contributed by atoms with Crippen molar-refractivity contribution in [1.82, 2.24) is 0 Å². The molecule has 0 saturated carbocycles. The van der Waals surface area contributed by atoms with Crippen LogP contribution >= 0.6 is 0 Å². The lowest BCUT2D eigenvalue weighted by Crippen LogP contribution is -2.37. The lowest BCUT2D eigenvalue weighted by atomic mass is 10.1. The zero-order valence-corrected chi connectivity index (χ0v) is 17.8. The van der Waals surface area contributed by atoms with Crippen LogP contribution in [0.3, 0.4) is 0 Å². The molecule has 0 aliphatic rings. The molecule has 0 aliphatic heterocycles. The molecule has 0 saturated heterocycles. The van der Waals surface area contributed by atoms with Crippen LogP contribution in [0.4, 0.5) is 11.4 Å². The highest BCUT2D eigenvalue weighted by Crippen LogP contribution is 2.32. The van der Waals surface area contributed by atoms with E-state index in [1.807, 2.05) is 32.9 Å². The Kier molecular flexibility index (Phi) is 6.56. The second kappa shape index (κ2) is 8.52. The molecule has 2 aromatic rings. The van der Waals surface area contributed by atoms with Crippen molar-refractivity contribution in [2.75, 3.05) is 36.6 Å². The third kappa shape index (κ3) is 4.95. The third-order valence-corrected chi connectivity index (χ3v) is 5.42. The first-order valence-corrected chi connectivity index (χ1v) is 10.5. The quantitative estimate of drug-likeness (QED) is 0.764. The number of carbonyl (C=O) groups is 1. The average Bonchev–Trinajstić information content (AvgIpc) is 2.61. The van der Waals surface area contributed by atoms with Crippen molar-refractivity contribution in [2.24, 2.45) is 0 Å². The van der Waals surface area contributed by atoms with Crippen LogP contribution in [-0.4, -0.2) is 41.3 Å². The van der Waals surface area contributed by atoms with Gasteiger partial charge in [-0.1, -0.05) is 17.7 Å². The van der Waals surface area contributed by atoms with E-state index in [0.717, 1.165) is 27.3 Å². The standard InChI is InChI=1S/C20H26N2O5S/c1-13-9-14(2)20(15(3)10-13)21-19(23)12-22(28(6,24)25)16-7-8-17(26-4)18(11-16)27-5/h7-11H,12H2,1-6H3,(H,21,23). The van der Waals surface area contributed by atoms with Gasteiger partial charge in [0.25, 0.3) is 0 Å². The monoisotopic (exact) mass is 406 g/mol. The van der Waals surface area contributed by atoms with Crippen molar-refractivity contribution in [2.45, 2.75) is 20.8 Å². The van der Waals surface area contributed by atoms with Crippen molar-refractivity contribution in [3.63, 3.8) is 0 Å². The van der Waals surface area contributed by atoms with Gasteiger partial charge in [-0.25, -0.2) is 8.42 Å². The second-order valence-corrected chi connectivity index (χ2v) is 8.54. The minimum Gasteiger partial charge on any atom is -0.493 e. The van der Waals surface area contributed by atoms with Crippen LogP contribution < -0.4 is 19.1 Å². The van der Waals surface area contributed by atoms with E-state index in [9.17, 15) is 13.2 Å². The van der Waals surface area contributed by atoms with Gasteiger partial charge in [0.05, 0.1) is 26.2 Å². The van der Waals surface area contributed by atoms with Crippen LogP contribution in [0.25, 0.3) is 0 Å². The number of carbonyl (C=O) groups excluding carboxylic acids is 1. The summed E-state index contributed by atoms with van der Waals surface area (Å²) >= 11 is 0. The van der Waals surface area contributed by atoms with Gasteiger partial charge in [-0.05, 0) is 44.0 Å². The summed E-state index contributed by atoms with van der Waals surface area (Å²) in [4.78, 5) is 12.6. The molecule has 7 nitrogen and oxygen atoms in total. The van der Waals surface area contributed by atoms with Crippen molar-refractivity contribution >= 4 is 27.3 Å². The van der Waals surface area contributed by atoms with Gasteiger partial charge < -0.3 is 14.8 Å². The normalized spacial score (nSPS) is 11.1. The maximum atomic E-state index is 12.6. The number of nitrogens with one attached hydrogen (secondary N) is 1. The van der Waals surface area contributed by atoms with Gasteiger partial charge in [-0.3, -0.25) is 9.10 Å². The molecule has 0 spiro atoms. The van der Waals surface area contributed by atoms with Crippen LogP contribution in [0.5, 0.6) is 11.5 Å². The molecule has 2 aromatic carbocycles. The van der Waals surface area contributed by atoms with Gasteiger partial charge in [-0.2, -0.15) is 0 Å². The highest BCUT2D eigenvalue weighted by atomic mass is 32.2. The Hall–Kier alpha value is -2.74. The molecule has 1 amide bonds. The zero-order valence-electron chi connectivity index (χ0n) is 17.0. The number of nitrogens with zero attached hydrogens (tertiary/aromatic N) is 1. The zero-order chi connectivity index (χ0) is 21.1. The molecule has 0 fully saturated rings. The highest BCUT2D eigenvalue weighted by molar-refractivity contribution is 7.92. The van der Waals surface area contributed by atoms with E-state index >= 15 is 0 Å². The van der Waals surface area contributed by atoms with E-state index in [2.05, 4.69) is 5.32 Å². The van der Waals surface area contributed by atoms with Crippen LogP contribution in [0.1, 0.15) is 16.7 Å². The molecular formula is C20H26N2O5S. The summed E-state index contributed by atoms with van der Waals surface area (Å²) in [5.74, 6) is 0.407. The SMILES string of the molecule is COc1ccc(N(CC(=O)Nc2c(C)cc(C)cc2C)S(C)(=O)=O)cc1OC. The van der Waals surface area contributed by atoms with E-state index < -0.39 is 15.9 Å². The van der Waals surface area contributed by atoms with Crippen LogP contribution in [-0.2, 0) is 14.8 Å². The molecule has 0 aliphatic carbocycles. The van der Waals surface area contributed by atoms with E-state index in [4.69, 9.17) is 9.47 Å². The van der Waals surface area contributed by atoms with Crippen LogP contribution in [0, 0.1) is 20.8 Å². The number of methoxy groups -OCH3 is 2. The molecule has 0 bridgehead atoms. The second-order valence-electron chi connectivity index (χ2n) is 6.63. The molecule has 8 heteroatoms. The predicted octanol–water partition coefficient (Wildman–Crippen LogP) is 3.03. The van der Waals surface area contributed by atoms with Gasteiger partial charge in [0.15, 0.2) is 11.5 Å². The summed E-state index contributed by atoms with van der Waals surface area (Å²) in [6, 6.07) is 8.61. The molecule has 0 atom stereocenters. The fourth-order valence-corrected chi connectivity index (χ4v) is 3.91. The first kappa shape index (κ1) is 21.6. The third-order valence-electron chi connectivity index (χ3n) is 4.28. The average molecular weight is 407 g/mol. The van der Waals surface area contributed by atoms with Gasteiger partial charge in [0, 0.05) is 11.8 Å². The highest BCUT2D eigenvalue weighted by Gasteiger charge is 2.23. The lowest BCUT2D eigenvalue weighted by Gasteiger charge is -2.23. The number of hydrogen-bond acceptors (Lipinski definition) is 5. The number of hydrogen-bond donors (Lipinski definition) is 1. The first-order chi connectivity index (χ1) is 13.1. The topological polar surface area (TPSA) is 84.9 Å². The molecule has 0 heterocycles. The number of sulfonamides is 1. The summed E-state index contributed by atoms with van der Waals surface area (Å²) in [6.07, 6.45) is 1.05. The van der Waals surface area contributed by atoms with Gasteiger partial charge in [0.2, 0.25) is 15.9 Å². The van der Waals surface area contributed by atoms with Crippen molar-refractivity contribution in [1.29, 1.82) is 0 Å². The fourth-order valence-electron chi connectivity index (χ4n) is 3.07. The molecule has 28 heavy (non-hydrogen) atoms. The minimum atomic E-state index is -3.70. The summed E-state index contributed by atoms with van der Waals surface area (Å²) in [5.41, 5.74) is 3.94.